The van der Waals surface area contributed by atoms with Crippen molar-refractivity contribution in [2.24, 2.45) is 0 Å². The summed E-state index contributed by atoms with van der Waals surface area (Å²) in [7, 11) is 1.67. The summed E-state index contributed by atoms with van der Waals surface area (Å²) in [6, 6.07) is 14.3. The van der Waals surface area contributed by atoms with Gasteiger partial charge < -0.3 is 24.0 Å². The molecule has 0 amide bonds. The predicted octanol–water partition coefficient (Wildman–Crippen LogP) is 4.07. The lowest BCUT2D eigenvalue weighted by Gasteiger charge is -2.37. The van der Waals surface area contributed by atoms with Crippen molar-refractivity contribution in [2.75, 3.05) is 51.3 Å². The normalized spacial score (nSPS) is 15.9. The molecule has 4 rings (SSSR count). The van der Waals surface area contributed by atoms with E-state index in [-0.39, 0.29) is 13.2 Å². The minimum Gasteiger partial charge on any atom is -0.495 e. The summed E-state index contributed by atoms with van der Waals surface area (Å²) in [6.07, 6.45) is -5.05. The molecule has 0 bridgehead atoms. The van der Waals surface area contributed by atoms with Crippen molar-refractivity contribution >= 4 is 5.69 Å². The van der Waals surface area contributed by atoms with E-state index >= 15 is 0 Å². The molecular weight excluding hydrogens is 463 g/mol. The van der Waals surface area contributed by atoms with Gasteiger partial charge in [0.2, 0.25) is 0 Å². The quantitative estimate of drug-likeness (QED) is 0.484. The van der Waals surface area contributed by atoms with E-state index in [0.29, 0.717) is 23.6 Å². The zero-order valence-corrected chi connectivity index (χ0v) is 19.4. The second-order valence-electron chi connectivity index (χ2n) is 8.38. The molecule has 188 valence electrons. The number of aliphatic hydroxyl groups is 1. The van der Waals surface area contributed by atoms with E-state index in [1.807, 2.05) is 24.3 Å². The molecule has 1 aliphatic rings. The number of nitrogens with zero attached hydrogens (tertiary/aromatic N) is 3. The molecular formula is C25H28F3N3O4. The Kier molecular flexibility index (Phi) is 7.94. The van der Waals surface area contributed by atoms with E-state index in [2.05, 4.69) is 15.0 Å². The molecule has 1 atom stereocenters. The number of aliphatic hydroxyl groups excluding tert-OH is 1. The Hall–Kier alpha value is -3.08. The van der Waals surface area contributed by atoms with Crippen molar-refractivity contribution in [3.05, 3.63) is 65.9 Å². The predicted molar refractivity (Wildman–Crippen MR) is 124 cm³/mol. The number of anilines is 1. The molecule has 0 aliphatic carbocycles. The number of para-hydroxylation sites is 2. The van der Waals surface area contributed by atoms with Crippen LogP contribution >= 0.6 is 0 Å². The summed E-state index contributed by atoms with van der Waals surface area (Å²) in [5, 5.41) is 14.3. The molecule has 0 spiro atoms. The Labute approximate surface area is 201 Å². The van der Waals surface area contributed by atoms with E-state index in [4.69, 9.17) is 14.0 Å². The third-order valence-corrected chi connectivity index (χ3v) is 5.89. The second kappa shape index (κ2) is 11.1. The number of rotatable bonds is 9. The minimum atomic E-state index is -4.38. The van der Waals surface area contributed by atoms with Crippen LogP contribution < -0.4 is 9.64 Å². The number of hydrogen-bond donors (Lipinski definition) is 1. The smallest absolute Gasteiger partial charge is 0.416 e. The number of piperazine rings is 1. The third kappa shape index (κ3) is 6.53. The molecule has 1 aromatic heterocycles. The van der Waals surface area contributed by atoms with Crippen LogP contribution in [0.5, 0.6) is 5.75 Å². The second-order valence-corrected chi connectivity index (χ2v) is 8.38. The highest BCUT2D eigenvalue weighted by Crippen LogP contribution is 2.31. The molecule has 10 heteroatoms. The van der Waals surface area contributed by atoms with Gasteiger partial charge in [0.25, 0.3) is 0 Å². The molecule has 3 aromatic rings. The SMILES string of the molecule is COc1ccccc1N1CCN(CC(O)COCc2cc(-c3ccc(C(F)(F)F)cc3)no2)CC1. The van der Waals surface area contributed by atoms with Crippen LogP contribution in [0.25, 0.3) is 11.3 Å². The van der Waals surface area contributed by atoms with Crippen LogP contribution in [0, 0.1) is 0 Å². The van der Waals surface area contributed by atoms with E-state index in [0.717, 1.165) is 49.7 Å². The van der Waals surface area contributed by atoms with Gasteiger partial charge in [-0.3, -0.25) is 4.90 Å². The zero-order chi connectivity index (χ0) is 24.8. The lowest BCUT2D eigenvalue weighted by atomic mass is 10.1. The van der Waals surface area contributed by atoms with Gasteiger partial charge in [-0.15, -0.1) is 0 Å². The van der Waals surface area contributed by atoms with Gasteiger partial charge in [-0.25, -0.2) is 0 Å². The van der Waals surface area contributed by atoms with Gasteiger partial charge in [0, 0.05) is 44.4 Å². The van der Waals surface area contributed by atoms with Crippen molar-refractivity contribution < 1.29 is 32.3 Å². The van der Waals surface area contributed by atoms with Crippen molar-refractivity contribution in [1.29, 1.82) is 0 Å². The van der Waals surface area contributed by atoms with Gasteiger partial charge in [-0.2, -0.15) is 13.2 Å². The lowest BCUT2D eigenvalue weighted by Crippen LogP contribution is -2.49. The third-order valence-electron chi connectivity index (χ3n) is 5.89. The number of hydrogen-bond acceptors (Lipinski definition) is 7. The number of benzene rings is 2. The Bertz CT molecular complexity index is 1080. The molecule has 1 saturated heterocycles. The van der Waals surface area contributed by atoms with Crippen molar-refractivity contribution in [3.8, 4) is 17.0 Å². The van der Waals surface area contributed by atoms with Gasteiger partial charge in [0.1, 0.15) is 18.1 Å². The molecule has 35 heavy (non-hydrogen) atoms. The summed E-state index contributed by atoms with van der Waals surface area (Å²) >= 11 is 0. The summed E-state index contributed by atoms with van der Waals surface area (Å²) in [5.41, 5.74) is 1.29. The van der Waals surface area contributed by atoms with Crippen molar-refractivity contribution in [1.82, 2.24) is 10.1 Å². The number of alkyl halides is 3. The van der Waals surface area contributed by atoms with Gasteiger partial charge in [-0.1, -0.05) is 29.4 Å². The minimum absolute atomic E-state index is 0.103. The van der Waals surface area contributed by atoms with E-state index in [1.165, 1.54) is 12.1 Å². The first kappa shape index (κ1) is 25.0. The van der Waals surface area contributed by atoms with Crippen LogP contribution in [0.1, 0.15) is 11.3 Å². The average molecular weight is 492 g/mol. The molecule has 1 fully saturated rings. The Morgan fingerprint density at radius 3 is 2.46 bits per heavy atom. The largest absolute Gasteiger partial charge is 0.495 e. The number of halogens is 3. The monoisotopic (exact) mass is 491 g/mol. The molecule has 2 heterocycles. The zero-order valence-electron chi connectivity index (χ0n) is 19.4. The molecule has 1 unspecified atom stereocenters. The van der Waals surface area contributed by atoms with Crippen LogP contribution in [0.3, 0.4) is 0 Å². The number of methoxy groups -OCH3 is 1. The highest BCUT2D eigenvalue weighted by molar-refractivity contribution is 5.59. The first-order valence-corrected chi connectivity index (χ1v) is 11.3. The van der Waals surface area contributed by atoms with Gasteiger partial charge in [0.15, 0.2) is 5.76 Å². The van der Waals surface area contributed by atoms with Crippen LogP contribution in [-0.2, 0) is 17.5 Å². The molecule has 1 N–H and O–H groups in total. The van der Waals surface area contributed by atoms with E-state index in [9.17, 15) is 18.3 Å². The first-order chi connectivity index (χ1) is 16.8. The maximum Gasteiger partial charge on any atom is 0.416 e. The van der Waals surface area contributed by atoms with E-state index in [1.54, 1.807) is 13.2 Å². The highest BCUT2D eigenvalue weighted by atomic mass is 19.4. The van der Waals surface area contributed by atoms with Crippen LogP contribution in [0.15, 0.2) is 59.1 Å². The topological polar surface area (TPSA) is 71.2 Å². The summed E-state index contributed by atoms with van der Waals surface area (Å²) in [5.74, 6) is 1.28. The fourth-order valence-electron chi connectivity index (χ4n) is 4.06. The van der Waals surface area contributed by atoms with Gasteiger partial charge in [0.05, 0.1) is 31.1 Å². The number of ether oxygens (including phenoxy) is 2. The van der Waals surface area contributed by atoms with Gasteiger partial charge in [-0.05, 0) is 24.3 Å². The average Bonchev–Trinajstić information content (AvgIpc) is 3.33. The fraction of sp³-hybridized carbons (Fsp3) is 0.400. The fourth-order valence-corrected chi connectivity index (χ4v) is 4.06. The summed E-state index contributed by atoms with van der Waals surface area (Å²) < 4.78 is 54.4. The number of aromatic nitrogens is 1. The maximum absolute atomic E-state index is 12.7. The summed E-state index contributed by atoms with van der Waals surface area (Å²) in [4.78, 5) is 4.47. The van der Waals surface area contributed by atoms with E-state index < -0.39 is 17.8 Å². The lowest BCUT2D eigenvalue weighted by molar-refractivity contribution is -0.137. The van der Waals surface area contributed by atoms with Gasteiger partial charge >= 0.3 is 6.18 Å². The van der Waals surface area contributed by atoms with Crippen molar-refractivity contribution in [2.45, 2.75) is 18.9 Å². The first-order valence-electron chi connectivity index (χ1n) is 11.3. The highest BCUT2D eigenvalue weighted by Gasteiger charge is 2.30. The number of β-amino-alcohol motifs (C(OH)–C–C–N with tert-alkyl or cyclic N) is 1. The molecule has 1 aliphatic heterocycles. The van der Waals surface area contributed by atoms with Crippen LogP contribution in [-0.4, -0.2) is 67.7 Å². The standard InChI is InChI=1S/C25H28F3N3O4/c1-33-24-5-3-2-4-23(24)31-12-10-30(11-13-31)15-20(32)16-34-17-21-14-22(29-35-21)18-6-8-19(9-7-18)25(26,27)28/h2-9,14,20,32H,10-13,15-17H2,1H3. The maximum atomic E-state index is 12.7. The van der Waals surface area contributed by atoms with Crippen LogP contribution in [0.2, 0.25) is 0 Å². The molecule has 0 saturated carbocycles. The molecule has 2 aromatic carbocycles. The Morgan fingerprint density at radius 2 is 1.77 bits per heavy atom. The van der Waals surface area contributed by atoms with Crippen molar-refractivity contribution in [3.63, 3.8) is 0 Å². The Morgan fingerprint density at radius 1 is 1.06 bits per heavy atom. The Balaban J connectivity index is 1.19. The summed E-state index contributed by atoms with van der Waals surface area (Å²) in [6.45, 7) is 4.02. The van der Waals surface area contributed by atoms with Crippen LogP contribution in [0.4, 0.5) is 18.9 Å². The molecule has 0 radical (unpaired) electrons. The molecule has 7 nitrogen and oxygen atoms in total.